The van der Waals surface area contributed by atoms with E-state index in [-0.39, 0.29) is 6.10 Å². The van der Waals surface area contributed by atoms with Crippen LogP contribution in [0.3, 0.4) is 0 Å². The van der Waals surface area contributed by atoms with Crippen molar-refractivity contribution in [2.45, 2.75) is 45.6 Å². The Morgan fingerprint density at radius 3 is 2.45 bits per heavy atom. The molecule has 1 heterocycles. The zero-order chi connectivity index (χ0) is 14.1. The molecular formula is C15H24N4O. The van der Waals surface area contributed by atoms with Crippen LogP contribution in [0.1, 0.15) is 39.5 Å². The molecule has 0 spiro atoms. The van der Waals surface area contributed by atoms with Gasteiger partial charge in [-0.15, -0.1) is 0 Å². The van der Waals surface area contributed by atoms with Crippen molar-refractivity contribution < 1.29 is 4.74 Å². The van der Waals surface area contributed by atoms with Gasteiger partial charge in [0.25, 0.3) is 0 Å². The van der Waals surface area contributed by atoms with E-state index in [1.807, 2.05) is 13.8 Å². The highest BCUT2D eigenvalue weighted by molar-refractivity contribution is 5.66. The van der Waals surface area contributed by atoms with Crippen molar-refractivity contribution in [3.8, 4) is 5.88 Å². The predicted molar refractivity (Wildman–Crippen MR) is 79.6 cm³/mol. The van der Waals surface area contributed by atoms with Crippen LogP contribution in [0.25, 0.3) is 0 Å². The molecule has 0 aromatic carbocycles. The molecule has 0 amide bonds. The smallest absolute Gasteiger partial charge is 0.242 e. The van der Waals surface area contributed by atoms with Crippen LogP contribution in [0.15, 0.2) is 6.33 Å². The van der Waals surface area contributed by atoms with Crippen molar-refractivity contribution in [2.75, 3.05) is 17.6 Å². The summed E-state index contributed by atoms with van der Waals surface area (Å²) in [6.45, 7) is 4.90. The maximum absolute atomic E-state index is 6.09. The average molecular weight is 276 g/mol. The van der Waals surface area contributed by atoms with Gasteiger partial charge >= 0.3 is 0 Å². The van der Waals surface area contributed by atoms with Gasteiger partial charge in [0.1, 0.15) is 12.0 Å². The minimum atomic E-state index is 0.0609. The van der Waals surface area contributed by atoms with Gasteiger partial charge in [-0.1, -0.05) is 0 Å². The van der Waals surface area contributed by atoms with Gasteiger partial charge in [-0.3, -0.25) is 0 Å². The Hall–Kier alpha value is -1.52. The fourth-order valence-electron chi connectivity index (χ4n) is 2.82. The van der Waals surface area contributed by atoms with Crippen molar-refractivity contribution in [1.82, 2.24) is 9.97 Å². The van der Waals surface area contributed by atoms with E-state index in [1.165, 1.54) is 32.0 Å². The van der Waals surface area contributed by atoms with Crippen molar-refractivity contribution in [3.63, 3.8) is 0 Å². The fourth-order valence-corrected chi connectivity index (χ4v) is 2.82. The molecule has 0 atom stereocenters. The molecule has 2 aliphatic rings. The number of nitrogens with zero attached hydrogens (tertiary/aromatic N) is 2. The van der Waals surface area contributed by atoms with Crippen LogP contribution in [0.2, 0.25) is 0 Å². The van der Waals surface area contributed by atoms with Crippen LogP contribution in [0, 0.1) is 17.8 Å². The first-order valence-electron chi connectivity index (χ1n) is 7.66. The Labute approximate surface area is 120 Å². The van der Waals surface area contributed by atoms with Gasteiger partial charge in [-0.2, -0.15) is 4.98 Å². The van der Waals surface area contributed by atoms with Gasteiger partial charge in [-0.05, 0) is 57.3 Å². The van der Waals surface area contributed by atoms with Gasteiger partial charge in [0.05, 0.1) is 6.10 Å². The van der Waals surface area contributed by atoms with Crippen molar-refractivity contribution >= 4 is 11.5 Å². The monoisotopic (exact) mass is 276 g/mol. The highest BCUT2D eigenvalue weighted by Crippen LogP contribution is 2.49. The molecule has 110 valence electrons. The van der Waals surface area contributed by atoms with E-state index in [4.69, 9.17) is 10.5 Å². The molecule has 2 fully saturated rings. The van der Waals surface area contributed by atoms with Gasteiger partial charge in [0, 0.05) is 6.54 Å². The number of hydrogen-bond acceptors (Lipinski definition) is 5. The van der Waals surface area contributed by atoms with E-state index in [0.29, 0.717) is 17.4 Å². The lowest BCUT2D eigenvalue weighted by molar-refractivity contribution is 0.234. The lowest BCUT2D eigenvalue weighted by atomic mass is 9.98. The molecule has 5 nitrogen and oxygen atoms in total. The molecule has 0 unspecified atom stereocenters. The van der Waals surface area contributed by atoms with Crippen LogP contribution in [-0.4, -0.2) is 22.6 Å². The van der Waals surface area contributed by atoms with Crippen molar-refractivity contribution in [3.05, 3.63) is 6.33 Å². The molecule has 1 aromatic rings. The summed E-state index contributed by atoms with van der Waals surface area (Å²) in [4.78, 5) is 8.35. The molecule has 1 aromatic heterocycles. The second-order valence-electron chi connectivity index (χ2n) is 6.33. The van der Waals surface area contributed by atoms with Crippen LogP contribution < -0.4 is 15.8 Å². The molecular weight excluding hydrogens is 252 g/mol. The number of aromatic nitrogens is 2. The summed E-state index contributed by atoms with van der Waals surface area (Å²) in [5, 5.41) is 3.41. The highest BCUT2D eigenvalue weighted by Gasteiger charge is 2.41. The number of rotatable bonds is 7. The van der Waals surface area contributed by atoms with Crippen molar-refractivity contribution in [2.24, 2.45) is 17.8 Å². The first-order chi connectivity index (χ1) is 9.65. The molecule has 0 bridgehead atoms. The third-order valence-electron chi connectivity index (χ3n) is 4.15. The van der Waals surface area contributed by atoms with Crippen LogP contribution in [0.5, 0.6) is 5.88 Å². The standard InChI is InChI=1S/C15H24N4O/c1-9(2)20-15-13(16)14(18-8-19-15)17-7-12(10-3-4-10)11-5-6-11/h8-12H,3-7,16H2,1-2H3,(H,17,18,19). The summed E-state index contributed by atoms with van der Waals surface area (Å²) < 4.78 is 5.60. The SMILES string of the molecule is CC(C)Oc1ncnc(NCC(C2CC2)C2CC2)c1N. The number of nitrogens with two attached hydrogens (primary N) is 1. The zero-order valence-electron chi connectivity index (χ0n) is 12.3. The maximum atomic E-state index is 6.09. The Balaban J connectivity index is 1.64. The normalized spacial score (nSPS) is 18.6. The first kappa shape index (κ1) is 13.5. The minimum Gasteiger partial charge on any atom is -0.473 e. The van der Waals surface area contributed by atoms with Gasteiger partial charge in [-0.25, -0.2) is 4.98 Å². The lowest BCUT2D eigenvalue weighted by Crippen LogP contribution is -2.20. The number of nitrogens with one attached hydrogen (secondary N) is 1. The highest BCUT2D eigenvalue weighted by atomic mass is 16.5. The Bertz CT molecular complexity index is 457. The van der Waals surface area contributed by atoms with E-state index < -0.39 is 0 Å². The molecule has 0 radical (unpaired) electrons. The summed E-state index contributed by atoms with van der Waals surface area (Å²) >= 11 is 0. The van der Waals surface area contributed by atoms with Gasteiger partial charge in [0.15, 0.2) is 5.82 Å². The molecule has 0 saturated heterocycles. The summed E-state index contributed by atoms with van der Waals surface area (Å²) in [5.41, 5.74) is 6.61. The molecule has 5 heteroatoms. The van der Waals surface area contributed by atoms with Crippen LogP contribution in [-0.2, 0) is 0 Å². The molecule has 0 aliphatic heterocycles. The summed E-state index contributed by atoms with van der Waals surface area (Å²) in [7, 11) is 0. The quantitative estimate of drug-likeness (QED) is 0.801. The van der Waals surface area contributed by atoms with E-state index in [2.05, 4.69) is 15.3 Å². The van der Waals surface area contributed by atoms with Crippen LogP contribution >= 0.6 is 0 Å². The molecule has 3 rings (SSSR count). The third kappa shape index (κ3) is 3.14. The van der Waals surface area contributed by atoms with Gasteiger partial charge in [0.2, 0.25) is 5.88 Å². The summed E-state index contributed by atoms with van der Waals surface area (Å²) in [6, 6.07) is 0. The number of anilines is 2. The summed E-state index contributed by atoms with van der Waals surface area (Å²) in [6.07, 6.45) is 7.15. The number of ether oxygens (including phenoxy) is 1. The topological polar surface area (TPSA) is 73.1 Å². The van der Waals surface area contributed by atoms with E-state index >= 15 is 0 Å². The Morgan fingerprint density at radius 2 is 1.90 bits per heavy atom. The van der Waals surface area contributed by atoms with Gasteiger partial charge < -0.3 is 15.8 Å². The molecule has 20 heavy (non-hydrogen) atoms. The number of nitrogen functional groups attached to an aromatic ring is 1. The first-order valence-corrected chi connectivity index (χ1v) is 7.66. The lowest BCUT2D eigenvalue weighted by Gasteiger charge is -2.18. The second-order valence-corrected chi connectivity index (χ2v) is 6.33. The van der Waals surface area contributed by atoms with Crippen LogP contribution in [0.4, 0.5) is 11.5 Å². The Morgan fingerprint density at radius 1 is 1.25 bits per heavy atom. The molecule has 3 N–H and O–H groups in total. The minimum absolute atomic E-state index is 0.0609. The van der Waals surface area contributed by atoms with E-state index in [0.717, 1.165) is 24.3 Å². The molecule has 2 aliphatic carbocycles. The zero-order valence-corrected chi connectivity index (χ0v) is 12.3. The maximum Gasteiger partial charge on any atom is 0.242 e. The predicted octanol–water partition coefficient (Wildman–Crippen LogP) is 2.69. The number of hydrogen-bond donors (Lipinski definition) is 2. The fraction of sp³-hybridized carbons (Fsp3) is 0.733. The largest absolute Gasteiger partial charge is 0.473 e. The van der Waals surface area contributed by atoms with Crippen molar-refractivity contribution in [1.29, 1.82) is 0 Å². The third-order valence-corrected chi connectivity index (χ3v) is 4.15. The average Bonchev–Trinajstić information content (AvgIpc) is 3.26. The second kappa shape index (κ2) is 5.46. The van der Waals surface area contributed by atoms with E-state index in [1.54, 1.807) is 0 Å². The summed E-state index contributed by atoms with van der Waals surface area (Å²) in [5.74, 6) is 3.82. The Kier molecular flexibility index (Phi) is 3.68. The van der Waals surface area contributed by atoms with E-state index in [9.17, 15) is 0 Å². The molecule has 2 saturated carbocycles.